The second-order valence-electron chi connectivity index (χ2n) is 5.05. The van der Waals surface area contributed by atoms with Gasteiger partial charge in [-0.1, -0.05) is 18.6 Å². The largest absolute Gasteiger partial charge is 0.494 e. The van der Waals surface area contributed by atoms with Gasteiger partial charge >= 0.3 is 0 Å². The van der Waals surface area contributed by atoms with E-state index in [9.17, 15) is 8.42 Å². The summed E-state index contributed by atoms with van der Waals surface area (Å²) in [6.45, 7) is 2.49. The highest BCUT2D eigenvalue weighted by molar-refractivity contribution is 7.92. The van der Waals surface area contributed by atoms with Crippen LogP contribution in [-0.2, 0) is 9.84 Å². The third kappa shape index (κ3) is 3.31. The normalized spacial score (nSPS) is 23.2. The van der Waals surface area contributed by atoms with Gasteiger partial charge < -0.3 is 4.74 Å². The minimum atomic E-state index is -3.09. The van der Waals surface area contributed by atoms with E-state index in [-0.39, 0.29) is 11.8 Å². The maximum atomic E-state index is 12.2. The molecule has 2 unspecified atom stereocenters. The fourth-order valence-corrected chi connectivity index (χ4v) is 4.82. The SMILES string of the molecule is CCOc1cccc(C(NN)C2CCCCS2(=O)=O)c1. The summed E-state index contributed by atoms with van der Waals surface area (Å²) >= 11 is 0. The van der Waals surface area contributed by atoms with E-state index in [2.05, 4.69) is 5.43 Å². The zero-order valence-corrected chi connectivity index (χ0v) is 12.5. The molecule has 1 aliphatic heterocycles. The first-order chi connectivity index (χ1) is 9.58. The zero-order chi connectivity index (χ0) is 14.6. The van der Waals surface area contributed by atoms with Crippen LogP contribution in [0.25, 0.3) is 0 Å². The molecule has 0 bridgehead atoms. The van der Waals surface area contributed by atoms with Gasteiger partial charge in [0.15, 0.2) is 9.84 Å². The number of hydrazine groups is 1. The van der Waals surface area contributed by atoms with Crippen molar-refractivity contribution in [2.75, 3.05) is 12.4 Å². The second-order valence-corrected chi connectivity index (χ2v) is 7.39. The molecule has 20 heavy (non-hydrogen) atoms. The van der Waals surface area contributed by atoms with Gasteiger partial charge in [-0.25, -0.2) is 8.42 Å². The van der Waals surface area contributed by atoms with E-state index < -0.39 is 15.1 Å². The Hall–Kier alpha value is -1.11. The van der Waals surface area contributed by atoms with Crippen molar-refractivity contribution >= 4 is 9.84 Å². The maximum Gasteiger partial charge on any atom is 0.155 e. The van der Waals surface area contributed by atoms with E-state index in [4.69, 9.17) is 10.6 Å². The standard InChI is InChI=1S/C14H22N2O3S/c1-2-19-12-7-5-6-11(10-12)14(16-15)13-8-3-4-9-20(13,17)18/h5-7,10,13-14,16H,2-4,8-9,15H2,1H3. The van der Waals surface area contributed by atoms with Gasteiger partial charge in [0.05, 0.1) is 23.7 Å². The van der Waals surface area contributed by atoms with Gasteiger partial charge in [0.25, 0.3) is 0 Å². The van der Waals surface area contributed by atoms with E-state index in [0.29, 0.717) is 13.0 Å². The highest BCUT2D eigenvalue weighted by Crippen LogP contribution is 2.31. The van der Waals surface area contributed by atoms with Gasteiger partial charge in [0.2, 0.25) is 0 Å². The Morgan fingerprint density at radius 2 is 2.25 bits per heavy atom. The average Bonchev–Trinajstić information content (AvgIpc) is 2.42. The molecule has 0 amide bonds. The van der Waals surface area contributed by atoms with Crippen molar-refractivity contribution in [3.05, 3.63) is 29.8 Å². The van der Waals surface area contributed by atoms with Crippen LogP contribution in [0.5, 0.6) is 5.75 Å². The van der Waals surface area contributed by atoms with Crippen molar-refractivity contribution in [2.45, 2.75) is 37.5 Å². The molecule has 1 saturated heterocycles. The molecule has 3 N–H and O–H groups in total. The molecular weight excluding hydrogens is 276 g/mol. The first-order valence-electron chi connectivity index (χ1n) is 6.99. The van der Waals surface area contributed by atoms with Crippen LogP contribution in [0.4, 0.5) is 0 Å². The lowest BCUT2D eigenvalue weighted by atomic mass is 10.00. The zero-order valence-electron chi connectivity index (χ0n) is 11.7. The number of nitrogens with one attached hydrogen (secondary N) is 1. The molecule has 2 atom stereocenters. The van der Waals surface area contributed by atoms with Crippen molar-refractivity contribution in [1.29, 1.82) is 0 Å². The van der Waals surface area contributed by atoms with Gasteiger partial charge in [-0.3, -0.25) is 11.3 Å². The first-order valence-corrected chi connectivity index (χ1v) is 8.70. The summed E-state index contributed by atoms with van der Waals surface area (Å²) < 4.78 is 29.9. The Balaban J connectivity index is 2.29. The molecule has 2 rings (SSSR count). The lowest BCUT2D eigenvalue weighted by molar-refractivity contribution is 0.339. The minimum Gasteiger partial charge on any atom is -0.494 e. The molecule has 0 saturated carbocycles. The number of sulfone groups is 1. The highest BCUT2D eigenvalue weighted by Gasteiger charge is 2.36. The van der Waals surface area contributed by atoms with Crippen LogP contribution < -0.4 is 16.0 Å². The highest BCUT2D eigenvalue weighted by atomic mass is 32.2. The van der Waals surface area contributed by atoms with E-state index in [0.717, 1.165) is 24.2 Å². The average molecular weight is 298 g/mol. The second kappa shape index (κ2) is 6.56. The Bertz CT molecular complexity index is 545. The van der Waals surface area contributed by atoms with Gasteiger partial charge in [0, 0.05) is 0 Å². The lowest BCUT2D eigenvalue weighted by Gasteiger charge is -2.30. The van der Waals surface area contributed by atoms with E-state index >= 15 is 0 Å². The van der Waals surface area contributed by atoms with E-state index in [1.54, 1.807) is 0 Å². The summed E-state index contributed by atoms with van der Waals surface area (Å²) in [7, 11) is -3.09. The lowest BCUT2D eigenvalue weighted by Crippen LogP contribution is -2.43. The van der Waals surface area contributed by atoms with Crippen LogP contribution in [-0.4, -0.2) is 26.0 Å². The molecule has 0 spiro atoms. The molecule has 1 fully saturated rings. The van der Waals surface area contributed by atoms with Crippen LogP contribution >= 0.6 is 0 Å². The van der Waals surface area contributed by atoms with Gasteiger partial charge in [0.1, 0.15) is 5.75 Å². The summed E-state index contributed by atoms with van der Waals surface area (Å²) in [5.41, 5.74) is 3.53. The summed E-state index contributed by atoms with van der Waals surface area (Å²) in [5.74, 6) is 6.61. The fraction of sp³-hybridized carbons (Fsp3) is 0.571. The summed E-state index contributed by atoms with van der Waals surface area (Å²) in [6.07, 6.45) is 2.32. The molecule has 1 aliphatic rings. The van der Waals surface area contributed by atoms with Crippen molar-refractivity contribution in [3.8, 4) is 5.75 Å². The van der Waals surface area contributed by atoms with Crippen LogP contribution in [0, 0.1) is 0 Å². The molecule has 5 nitrogen and oxygen atoms in total. The summed E-state index contributed by atoms with van der Waals surface area (Å²) in [6, 6.07) is 7.08. The summed E-state index contributed by atoms with van der Waals surface area (Å²) in [4.78, 5) is 0. The van der Waals surface area contributed by atoms with Gasteiger partial charge in [-0.15, -0.1) is 0 Å². The Kier molecular flexibility index (Phi) is 5.01. The number of hydrogen-bond donors (Lipinski definition) is 2. The molecule has 1 aromatic carbocycles. The third-order valence-corrected chi connectivity index (χ3v) is 6.00. The quantitative estimate of drug-likeness (QED) is 0.637. The minimum absolute atomic E-state index is 0.251. The topological polar surface area (TPSA) is 81.4 Å². The molecular formula is C14H22N2O3S. The number of benzene rings is 1. The van der Waals surface area contributed by atoms with Crippen molar-refractivity contribution in [3.63, 3.8) is 0 Å². The summed E-state index contributed by atoms with van der Waals surface area (Å²) in [5, 5.41) is -0.460. The monoisotopic (exact) mass is 298 g/mol. The third-order valence-electron chi connectivity index (χ3n) is 3.71. The molecule has 112 valence electrons. The van der Waals surface area contributed by atoms with Crippen LogP contribution in [0.1, 0.15) is 37.8 Å². The Morgan fingerprint density at radius 1 is 1.45 bits per heavy atom. The number of ether oxygens (including phenoxy) is 1. The van der Waals surface area contributed by atoms with Crippen molar-refractivity contribution in [2.24, 2.45) is 5.84 Å². The van der Waals surface area contributed by atoms with Gasteiger partial charge in [-0.2, -0.15) is 0 Å². The van der Waals surface area contributed by atoms with E-state index in [1.807, 2.05) is 31.2 Å². The Morgan fingerprint density at radius 3 is 2.90 bits per heavy atom. The Labute approximate surface area is 120 Å². The van der Waals surface area contributed by atoms with Crippen molar-refractivity contribution < 1.29 is 13.2 Å². The first kappa shape index (κ1) is 15.3. The van der Waals surface area contributed by atoms with Crippen LogP contribution in [0.15, 0.2) is 24.3 Å². The van der Waals surface area contributed by atoms with E-state index in [1.165, 1.54) is 0 Å². The van der Waals surface area contributed by atoms with Crippen LogP contribution in [0.3, 0.4) is 0 Å². The smallest absolute Gasteiger partial charge is 0.155 e. The number of hydrogen-bond acceptors (Lipinski definition) is 5. The number of rotatable bonds is 5. The molecule has 0 radical (unpaired) electrons. The fourth-order valence-electron chi connectivity index (χ4n) is 2.74. The number of nitrogens with two attached hydrogens (primary N) is 1. The predicted molar refractivity (Wildman–Crippen MR) is 79.1 cm³/mol. The van der Waals surface area contributed by atoms with Crippen molar-refractivity contribution in [1.82, 2.24) is 5.43 Å². The molecule has 6 heteroatoms. The maximum absolute atomic E-state index is 12.2. The molecule has 1 heterocycles. The molecule has 0 aromatic heterocycles. The van der Waals surface area contributed by atoms with Crippen LogP contribution in [0.2, 0.25) is 0 Å². The molecule has 1 aromatic rings. The molecule has 0 aliphatic carbocycles. The predicted octanol–water partition coefficient (Wildman–Crippen LogP) is 1.56. The van der Waals surface area contributed by atoms with Gasteiger partial charge in [-0.05, 0) is 37.5 Å².